The highest BCUT2D eigenvalue weighted by molar-refractivity contribution is 7.90. The lowest BCUT2D eigenvalue weighted by molar-refractivity contribution is -0.121. The van der Waals surface area contributed by atoms with E-state index in [0.29, 0.717) is 36.4 Å². The summed E-state index contributed by atoms with van der Waals surface area (Å²) in [5, 5.41) is 13.7. The zero-order valence-electron chi connectivity index (χ0n) is 17.1. The number of hydrogen-bond donors (Lipinski definition) is 3. The van der Waals surface area contributed by atoms with Crippen molar-refractivity contribution >= 4 is 37.3 Å². The molecule has 7 nitrogen and oxygen atoms in total. The highest BCUT2D eigenvalue weighted by Gasteiger charge is 2.22. The summed E-state index contributed by atoms with van der Waals surface area (Å²) in [4.78, 5) is 16.6. The monoisotopic (exact) mass is 461 g/mol. The van der Waals surface area contributed by atoms with Gasteiger partial charge in [0, 0.05) is 6.54 Å². The summed E-state index contributed by atoms with van der Waals surface area (Å²) < 4.78 is 25.6. The van der Waals surface area contributed by atoms with Crippen LogP contribution in [0.1, 0.15) is 35.9 Å². The number of benzene rings is 2. The van der Waals surface area contributed by atoms with Gasteiger partial charge < -0.3 is 16.2 Å². The number of aliphatic hydroxyl groups is 1. The molecule has 2 atom stereocenters. The SMILES string of the molecule is NC(CS(=O)(=O)Cc1ccccc1)C(=O)NCCCC[C@@H](O)c1nc2ccccc2s1. The summed E-state index contributed by atoms with van der Waals surface area (Å²) in [7, 11) is -3.49. The molecule has 3 aromatic rings. The number of carbonyl (C=O) groups is 1. The van der Waals surface area contributed by atoms with Crippen LogP contribution in [0.3, 0.4) is 0 Å². The zero-order chi connectivity index (χ0) is 22.3. The highest BCUT2D eigenvalue weighted by atomic mass is 32.2. The average molecular weight is 462 g/mol. The second-order valence-electron chi connectivity index (χ2n) is 7.47. The fourth-order valence-electron chi connectivity index (χ4n) is 3.20. The van der Waals surface area contributed by atoms with Gasteiger partial charge in [-0.1, -0.05) is 42.5 Å². The van der Waals surface area contributed by atoms with Gasteiger partial charge in [0.1, 0.15) is 11.1 Å². The lowest BCUT2D eigenvalue weighted by Gasteiger charge is -2.13. The number of amides is 1. The van der Waals surface area contributed by atoms with Crippen LogP contribution in [0.4, 0.5) is 0 Å². The molecule has 0 aliphatic carbocycles. The van der Waals surface area contributed by atoms with E-state index in [1.807, 2.05) is 30.3 Å². The molecule has 166 valence electrons. The largest absolute Gasteiger partial charge is 0.386 e. The molecule has 3 rings (SSSR count). The minimum atomic E-state index is -3.49. The molecule has 1 unspecified atom stereocenters. The van der Waals surface area contributed by atoms with Crippen molar-refractivity contribution in [2.75, 3.05) is 12.3 Å². The molecule has 0 aliphatic rings. The third-order valence-corrected chi connectivity index (χ3v) is 7.58. The predicted octanol–water partition coefficient (Wildman–Crippen LogP) is 2.56. The Balaban J connectivity index is 1.36. The Bertz CT molecular complexity index is 1070. The van der Waals surface area contributed by atoms with Gasteiger partial charge in [-0.25, -0.2) is 13.4 Å². The fourth-order valence-corrected chi connectivity index (χ4v) is 5.70. The number of nitrogens with zero attached hydrogens (tertiary/aromatic N) is 1. The number of rotatable bonds is 11. The number of aromatic nitrogens is 1. The number of carbonyl (C=O) groups excluding carboxylic acids is 1. The highest BCUT2D eigenvalue weighted by Crippen LogP contribution is 2.28. The first-order chi connectivity index (χ1) is 14.8. The van der Waals surface area contributed by atoms with Gasteiger partial charge in [-0.2, -0.15) is 0 Å². The molecule has 9 heteroatoms. The van der Waals surface area contributed by atoms with Gasteiger partial charge in [-0.15, -0.1) is 11.3 Å². The lowest BCUT2D eigenvalue weighted by Crippen LogP contribution is -2.45. The van der Waals surface area contributed by atoms with E-state index in [-0.39, 0.29) is 5.75 Å². The average Bonchev–Trinajstić information content (AvgIpc) is 3.17. The second kappa shape index (κ2) is 10.8. The third-order valence-electron chi connectivity index (χ3n) is 4.80. The summed E-state index contributed by atoms with van der Waals surface area (Å²) >= 11 is 1.48. The maximum Gasteiger partial charge on any atom is 0.237 e. The minimum Gasteiger partial charge on any atom is -0.386 e. The molecule has 0 spiro atoms. The normalized spacial score (nSPS) is 13.7. The molecule has 31 heavy (non-hydrogen) atoms. The maximum atomic E-state index is 12.3. The van der Waals surface area contributed by atoms with Gasteiger partial charge in [0.15, 0.2) is 9.84 Å². The van der Waals surface area contributed by atoms with Crippen molar-refractivity contribution in [1.82, 2.24) is 10.3 Å². The Kier molecular flexibility index (Phi) is 8.14. The van der Waals surface area contributed by atoms with Crippen molar-refractivity contribution in [2.24, 2.45) is 5.73 Å². The van der Waals surface area contributed by atoms with Crippen molar-refractivity contribution in [3.8, 4) is 0 Å². The van der Waals surface area contributed by atoms with Gasteiger partial charge in [-0.05, 0) is 37.0 Å². The van der Waals surface area contributed by atoms with Gasteiger partial charge in [0.05, 0.1) is 27.8 Å². The van der Waals surface area contributed by atoms with E-state index in [0.717, 1.165) is 10.2 Å². The maximum absolute atomic E-state index is 12.3. The number of sulfone groups is 1. The first-order valence-corrected chi connectivity index (χ1v) is 12.8. The van der Waals surface area contributed by atoms with Gasteiger partial charge in [-0.3, -0.25) is 4.79 Å². The summed E-state index contributed by atoms with van der Waals surface area (Å²) in [5.74, 6) is -1.02. The van der Waals surface area contributed by atoms with Gasteiger partial charge in [0.25, 0.3) is 0 Å². The summed E-state index contributed by atoms with van der Waals surface area (Å²) in [6.45, 7) is 0.373. The fraction of sp³-hybridized carbons (Fsp3) is 0.364. The molecule has 4 N–H and O–H groups in total. The topological polar surface area (TPSA) is 122 Å². The number of aliphatic hydroxyl groups excluding tert-OH is 1. The molecule has 0 radical (unpaired) electrons. The zero-order valence-corrected chi connectivity index (χ0v) is 18.7. The molecular weight excluding hydrogens is 434 g/mol. The van der Waals surface area contributed by atoms with E-state index in [2.05, 4.69) is 10.3 Å². The molecule has 2 aromatic carbocycles. The number of nitrogens with two attached hydrogens (primary N) is 1. The van der Waals surface area contributed by atoms with E-state index < -0.39 is 33.6 Å². The number of nitrogens with one attached hydrogen (secondary N) is 1. The molecule has 0 aliphatic heterocycles. The minimum absolute atomic E-state index is 0.140. The van der Waals surface area contributed by atoms with Crippen molar-refractivity contribution < 1.29 is 18.3 Å². The summed E-state index contributed by atoms with van der Waals surface area (Å²) in [6, 6.07) is 15.4. The van der Waals surface area contributed by atoms with Crippen LogP contribution in [-0.4, -0.2) is 42.8 Å². The molecule has 0 fully saturated rings. The number of hydrogen-bond acceptors (Lipinski definition) is 7. The molecule has 1 aromatic heterocycles. The van der Waals surface area contributed by atoms with E-state index in [4.69, 9.17) is 5.73 Å². The molecule has 1 amide bonds. The Hall–Kier alpha value is -2.33. The van der Waals surface area contributed by atoms with Crippen molar-refractivity contribution in [2.45, 2.75) is 37.2 Å². The number of para-hydroxylation sites is 1. The standard InChI is InChI=1S/C22H27N3O4S2/c23-17(15-31(28,29)14-16-8-2-1-3-9-16)21(27)24-13-7-6-11-19(26)22-25-18-10-4-5-12-20(18)30-22/h1-5,8-10,12,17,19,26H,6-7,11,13-15,23H2,(H,24,27)/t17?,19-/m1/s1. The second-order valence-corrected chi connectivity index (χ2v) is 10.6. The predicted molar refractivity (Wildman–Crippen MR) is 123 cm³/mol. The number of fused-ring (bicyclic) bond motifs is 1. The number of thiazole rings is 1. The Morgan fingerprint density at radius 2 is 1.81 bits per heavy atom. The smallest absolute Gasteiger partial charge is 0.237 e. The van der Waals surface area contributed by atoms with E-state index >= 15 is 0 Å². The quantitative estimate of drug-likeness (QED) is 0.377. The molecule has 0 saturated heterocycles. The van der Waals surface area contributed by atoms with Crippen LogP contribution < -0.4 is 11.1 Å². The Morgan fingerprint density at radius 1 is 1.10 bits per heavy atom. The Morgan fingerprint density at radius 3 is 2.55 bits per heavy atom. The molecule has 0 saturated carbocycles. The summed E-state index contributed by atoms with van der Waals surface area (Å²) in [5.41, 5.74) is 7.34. The first-order valence-electron chi connectivity index (χ1n) is 10.2. The lowest BCUT2D eigenvalue weighted by atomic mass is 10.1. The molecule has 1 heterocycles. The van der Waals surface area contributed by atoms with Crippen LogP contribution in [0.25, 0.3) is 10.2 Å². The van der Waals surface area contributed by atoms with E-state index in [1.165, 1.54) is 11.3 Å². The van der Waals surface area contributed by atoms with Crippen LogP contribution in [0.2, 0.25) is 0 Å². The van der Waals surface area contributed by atoms with Crippen LogP contribution in [-0.2, 0) is 20.4 Å². The molecular formula is C22H27N3O4S2. The van der Waals surface area contributed by atoms with Crippen molar-refractivity contribution in [3.05, 3.63) is 65.2 Å². The summed E-state index contributed by atoms with van der Waals surface area (Å²) in [6.07, 6.45) is 1.24. The van der Waals surface area contributed by atoms with Crippen LogP contribution in [0.15, 0.2) is 54.6 Å². The first kappa shape index (κ1) is 23.3. The number of unbranched alkanes of at least 4 members (excludes halogenated alkanes) is 1. The van der Waals surface area contributed by atoms with Gasteiger partial charge >= 0.3 is 0 Å². The van der Waals surface area contributed by atoms with Crippen LogP contribution in [0, 0.1) is 0 Å². The van der Waals surface area contributed by atoms with Crippen LogP contribution in [0.5, 0.6) is 0 Å². The van der Waals surface area contributed by atoms with Gasteiger partial charge in [0.2, 0.25) is 5.91 Å². The van der Waals surface area contributed by atoms with E-state index in [9.17, 15) is 18.3 Å². The molecule has 0 bridgehead atoms. The Labute approximate surface area is 186 Å². The van der Waals surface area contributed by atoms with Crippen molar-refractivity contribution in [1.29, 1.82) is 0 Å². The van der Waals surface area contributed by atoms with Crippen LogP contribution >= 0.6 is 11.3 Å². The third kappa shape index (κ3) is 7.10. The van der Waals surface area contributed by atoms with E-state index in [1.54, 1.807) is 24.3 Å². The van der Waals surface area contributed by atoms with Crippen molar-refractivity contribution in [3.63, 3.8) is 0 Å².